The molecule has 6 nitrogen and oxygen atoms in total. The Labute approximate surface area is 137 Å². The highest BCUT2D eigenvalue weighted by atomic mass is 16.5. The minimum Gasteiger partial charge on any atom is -0.378 e. The molecule has 3 heterocycles. The molecule has 0 bridgehead atoms. The fraction of sp³-hybridized carbons (Fsp3) is 0.647. The summed E-state index contributed by atoms with van der Waals surface area (Å²) in [7, 11) is 0. The first-order chi connectivity index (χ1) is 11.1. The monoisotopic (exact) mass is 319 g/mol. The maximum absolute atomic E-state index is 12.8. The van der Waals surface area contributed by atoms with E-state index in [1.54, 1.807) is 0 Å². The summed E-state index contributed by atoms with van der Waals surface area (Å²) in [6.45, 7) is 9.15. The van der Waals surface area contributed by atoms with Gasteiger partial charge in [0.05, 0.1) is 25.5 Å². The van der Waals surface area contributed by atoms with Crippen LogP contribution >= 0.6 is 0 Å². The van der Waals surface area contributed by atoms with Gasteiger partial charge in [-0.15, -0.1) is 0 Å². The highest BCUT2D eigenvalue weighted by molar-refractivity contribution is 5.85. The summed E-state index contributed by atoms with van der Waals surface area (Å²) < 4.78 is 11.2. The lowest BCUT2D eigenvalue weighted by atomic mass is 10.0. The molecule has 3 rings (SSSR count). The molecule has 6 heteroatoms. The van der Waals surface area contributed by atoms with Crippen LogP contribution in [-0.4, -0.2) is 72.3 Å². The van der Waals surface area contributed by atoms with Crippen LogP contribution in [0.25, 0.3) is 0 Å². The van der Waals surface area contributed by atoms with E-state index in [1.165, 1.54) is 0 Å². The minimum absolute atomic E-state index is 0.0719. The summed E-state index contributed by atoms with van der Waals surface area (Å²) in [5, 5.41) is 0. The molecule has 0 aliphatic carbocycles. The zero-order chi connectivity index (χ0) is 16.3. The number of aryl methyl sites for hydroxylation is 1. The molecule has 2 aliphatic heterocycles. The molecule has 0 saturated carbocycles. The first-order valence-corrected chi connectivity index (χ1v) is 8.23. The summed E-state index contributed by atoms with van der Waals surface area (Å²) >= 11 is 0. The van der Waals surface area contributed by atoms with E-state index in [4.69, 9.17) is 9.47 Å². The lowest BCUT2D eigenvalue weighted by Gasteiger charge is -2.42. The summed E-state index contributed by atoms with van der Waals surface area (Å²) in [6, 6.07) is 6.05. The van der Waals surface area contributed by atoms with Crippen LogP contribution in [0.15, 0.2) is 18.2 Å². The third-order valence-corrected chi connectivity index (χ3v) is 4.44. The van der Waals surface area contributed by atoms with Crippen LogP contribution in [0.5, 0.6) is 0 Å². The van der Waals surface area contributed by atoms with Crippen molar-refractivity contribution in [3.8, 4) is 0 Å². The van der Waals surface area contributed by atoms with E-state index >= 15 is 0 Å². The van der Waals surface area contributed by atoms with Crippen LogP contribution in [0.3, 0.4) is 0 Å². The van der Waals surface area contributed by atoms with Crippen LogP contribution in [0, 0.1) is 6.92 Å². The zero-order valence-electron chi connectivity index (χ0n) is 14.0. The molecule has 2 fully saturated rings. The van der Waals surface area contributed by atoms with Crippen LogP contribution in [0.4, 0.5) is 0 Å². The number of nitrogens with zero attached hydrogens (tertiary/aromatic N) is 3. The first kappa shape index (κ1) is 16.4. The van der Waals surface area contributed by atoms with Crippen molar-refractivity contribution < 1.29 is 14.3 Å². The summed E-state index contributed by atoms with van der Waals surface area (Å²) in [5.74, 6) is 0.0719. The van der Waals surface area contributed by atoms with E-state index < -0.39 is 5.60 Å². The number of hydrogen-bond donors (Lipinski definition) is 0. The SMILES string of the molecule is Cc1cccc(CN2CCOC(C)(C(=O)N3CCOCC3)C2)n1. The van der Waals surface area contributed by atoms with Gasteiger partial charge in [0.2, 0.25) is 0 Å². The molecule has 1 amide bonds. The number of carbonyl (C=O) groups is 1. The molecule has 2 aliphatic rings. The Bertz CT molecular complexity index is 560. The van der Waals surface area contributed by atoms with Gasteiger partial charge >= 0.3 is 0 Å². The Morgan fingerprint density at radius 1 is 1.26 bits per heavy atom. The molecule has 0 aromatic carbocycles. The van der Waals surface area contributed by atoms with E-state index in [1.807, 2.05) is 36.9 Å². The Morgan fingerprint density at radius 3 is 2.78 bits per heavy atom. The summed E-state index contributed by atoms with van der Waals surface area (Å²) in [6.07, 6.45) is 0. The third kappa shape index (κ3) is 3.88. The van der Waals surface area contributed by atoms with Gasteiger partial charge in [0.1, 0.15) is 0 Å². The van der Waals surface area contributed by atoms with Gasteiger partial charge in [-0.1, -0.05) is 6.07 Å². The van der Waals surface area contributed by atoms with Crippen molar-refractivity contribution in [2.75, 3.05) is 46.0 Å². The molecule has 23 heavy (non-hydrogen) atoms. The van der Waals surface area contributed by atoms with Crippen molar-refractivity contribution in [1.29, 1.82) is 0 Å². The topological polar surface area (TPSA) is 54.9 Å². The second kappa shape index (κ2) is 6.95. The summed E-state index contributed by atoms with van der Waals surface area (Å²) in [5.41, 5.74) is 1.27. The molecule has 1 unspecified atom stereocenters. The third-order valence-electron chi connectivity index (χ3n) is 4.44. The van der Waals surface area contributed by atoms with Gasteiger partial charge in [0, 0.05) is 38.4 Å². The van der Waals surface area contributed by atoms with E-state index in [0.29, 0.717) is 39.5 Å². The van der Waals surface area contributed by atoms with Gasteiger partial charge < -0.3 is 14.4 Å². The van der Waals surface area contributed by atoms with Crippen molar-refractivity contribution in [1.82, 2.24) is 14.8 Å². The molecule has 1 aromatic heterocycles. The number of morpholine rings is 2. The van der Waals surface area contributed by atoms with Crippen LogP contribution < -0.4 is 0 Å². The van der Waals surface area contributed by atoms with E-state index in [9.17, 15) is 4.79 Å². The molecule has 2 saturated heterocycles. The number of hydrogen-bond acceptors (Lipinski definition) is 5. The fourth-order valence-electron chi connectivity index (χ4n) is 3.23. The van der Waals surface area contributed by atoms with Gasteiger partial charge in [0.15, 0.2) is 5.60 Å². The molecule has 0 spiro atoms. The summed E-state index contributed by atoms with van der Waals surface area (Å²) in [4.78, 5) is 21.5. The van der Waals surface area contributed by atoms with Crippen molar-refractivity contribution in [2.45, 2.75) is 26.0 Å². The number of carbonyl (C=O) groups excluding carboxylic acids is 1. The van der Waals surface area contributed by atoms with Gasteiger partial charge in [-0.05, 0) is 26.0 Å². The Balaban J connectivity index is 1.65. The average molecular weight is 319 g/mol. The largest absolute Gasteiger partial charge is 0.378 e. The molecule has 0 N–H and O–H groups in total. The molecular weight excluding hydrogens is 294 g/mol. The molecule has 1 atom stereocenters. The van der Waals surface area contributed by atoms with Gasteiger partial charge in [-0.2, -0.15) is 0 Å². The lowest BCUT2D eigenvalue weighted by molar-refractivity contribution is -0.171. The predicted octanol–water partition coefficient (Wildman–Crippen LogP) is 0.840. The molecule has 126 valence electrons. The fourth-order valence-corrected chi connectivity index (χ4v) is 3.23. The highest BCUT2D eigenvalue weighted by Crippen LogP contribution is 2.22. The van der Waals surface area contributed by atoms with Crippen LogP contribution in [0.2, 0.25) is 0 Å². The highest BCUT2D eigenvalue weighted by Gasteiger charge is 2.42. The van der Waals surface area contributed by atoms with Gasteiger partial charge in [-0.3, -0.25) is 14.7 Å². The molecule has 1 aromatic rings. The smallest absolute Gasteiger partial charge is 0.256 e. The van der Waals surface area contributed by atoms with E-state index in [0.717, 1.165) is 24.5 Å². The number of rotatable bonds is 3. The standard InChI is InChI=1S/C17H25N3O3/c1-14-4-3-5-15(18-14)12-19-6-11-23-17(2,13-19)16(21)20-7-9-22-10-8-20/h3-5H,6-13H2,1-2H3. The Kier molecular flexibility index (Phi) is 4.94. The van der Waals surface area contributed by atoms with E-state index in [2.05, 4.69) is 9.88 Å². The van der Waals surface area contributed by atoms with Crippen LogP contribution in [-0.2, 0) is 20.8 Å². The molecule has 0 radical (unpaired) electrons. The number of aromatic nitrogens is 1. The second-order valence-corrected chi connectivity index (χ2v) is 6.46. The average Bonchev–Trinajstić information content (AvgIpc) is 2.55. The minimum atomic E-state index is -0.778. The van der Waals surface area contributed by atoms with Crippen LogP contribution in [0.1, 0.15) is 18.3 Å². The number of pyridine rings is 1. The molecular formula is C17H25N3O3. The maximum Gasteiger partial charge on any atom is 0.256 e. The quantitative estimate of drug-likeness (QED) is 0.826. The Hall–Kier alpha value is -1.50. The van der Waals surface area contributed by atoms with Crippen molar-refractivity contribution in [3.05, 3.63) is 29.6 Å². The second-order valence-electron chi connectivity index (χ2n) is 6.46. The van der Waals surface area contributed by atoms with Gasteiger partial charge in [0.25, 0.3) is 5.91 Å². The Morgan fingerprint density at radius 2 is 2.04 bits per heavy atom. The number of amides is 1. The number of ether oxygens (including phenoxy) is 2. The van der Waals surface area contributed by atoms with Crippen molar-refractivity contribution in [2.24, 2.45) is 0 Å². The van der Waals surface area contributed by atoms with Crippen molar-refractivity contribution >= 4 is 5.91 Å². The zero-order valence-corrected chi connectivity index (χ0v) is 14.0. The van der Waals surface area contributed by atoms with E-state index in [-0.39, 0.29) is 5.91 Å². The maximum atomic E-state index is 12.8. The normalized spacial score (nSPS) is 26.3. The first-order valence-electron chi connectivity index (χ1n) is 8.23. The van der Waals surface area contributed by atoms with Crippen molar-refractivity contribution in [3.63, 3.8) is 0 Å². The lowest BCUT2D eigenvalue weighted by Crippen LogP contribution is -2.60. The predicted molar refractivity (Wildman–Crippen MR) is 86.0 cm³/mol. The van der Waals surface area contributed by atoms with Gasteiger partial charge in [-0.25, -0.2) is 0 Å².